The van der Waals surface area contributed by atoms with Crippen molar-refractivity contribution in [3.8, 4) is 0 Å². The molecule has 1 aliphatic carbocycles. The number of halogens is 6. The number of carbonyl (C=O) groups is 1. The molecule has 0 saturated heterocycles. The van der Waals surface area contributed by atoms with Gasteiger partial charge in [-0.1, -0.05) is 40.9 Å². The predicted octanol–water partition coefficient (Wildman–Crippen LogP) is 4.33. The molecule has 0 aliphatic heterocycles. The van der Waals surface area contributed by atoms with Crippen LogP contribution < -0.4 is 0 Å². The summed E-state index contributed by atoms with van der Waals surface area (Å²) >= 11 is 17.2. The highest BCUT2D eigenvalue weighted by atomic mass is 35.5. The first-order valence-corrected chi connectivity index (χ1v) is 6.17. The van der Waals surface area contributed by atoms with Gasteiger partial charge in [0.15, 0.2) is 0 Å². The third-order valence-corrected chi connectivity index (χ3v) is 4.23. The molecule has 1 N–H and O–H groups in total. The van der Waals surface area contributed by atoms with E-state index in [1.165, 1.54) is 0 Å². The van der Waals surface area contributed by atoms with Crippen LogP contribution in [0, 0.1) is 5.92 Å². The molecule has 2 atom stereocenters. The van der Waals surface area contributed by atoms with Gasteiger partial charge in [-0.25, -0.2) is 0 Å². The van der Waals surface area contributed by atoms with E-state index in [4.69, 9.17) is 39.9 Å². The summed E-state index contributed by atoms with van der Waals surface area (Å²) in [7, 11) is 0. The fourth-order valence-electron chi connectivity index (χ4n) is 2.00. The van der Waals surface area contributed by atoms with Gasteiger partial charge in [0.05, 0.1) is 16.5 Å². The van der Waals surface area contributed by atoms with Crippen LogP contribution in [-0.2, 0) is 11.0 Å². The molecule has 2 nitrogen and oxygen atoms in total. The summed E-state index contributed by atoms with van der Waals surface area (Å²) in [5, 5.41) is 8.38. The first kappa shape index (κ1) is 14.8. The third kappa shape index (κ3) is 2.51. The molecule has 0 amide bonds. The normalized spacial score (nSPS) is 25.2. The van der Waals surface area contributed by atoms with Crippen molar-refractivity contribution in [2.45, 2.75) is 16.4 Å². The fourth-order valence-corrected chi connectivity index (χ4v) is 3.12. The van der Waals surface area contributed by atoms with Gasteiger partial charge in [0.2, 0.25) is 0 Å². The molecular weight excluding hydrogens is 327 g/mol. The Bertz CT molecular complexity index is 542. The van der Waals surface area contributed by atoms with Crippen LogP contribution in [0.3, 0.4) is 0 Å². The molecule has 0 unspecified atom stereocenters. The summed E-state index contributed by atoms with van der Waals surface area (Å²) < 4.78 is 36.1. The second-order valence-electron chi connectivity index (χ2n) is 4.21. The zero-order valence-corrected chi connectivity index (χ0v) is 11.3. The van der Waals surface area contributed by atoms with Gasteiger partial charge in [0, 0.05) is 5.92 Å². The highest BCUT2D eigenvalue weighted by Crippen LogP contribution is 2.65. The number of benzene rings is 1. The van der Waals surface area contributed by atoms with Crippen LogP contribution in [-0.4, -0.2) is 15.4 Å². The van der Waals surface area contributed by atoms with Crippen molar-refractivity contribution in [3.05, 3.63) is 34.3 Å². The Morgan fingerprint density at radius 3 is 2.26 bits per heavy atom. The Balaban J connectivity index is 2.35. The van der Waals surface area contributed by atoms with Gasteiger partial charge in [0.25, 0.3) is 0 Å². The summed E-state index contributed by atoms with van der Waals surface area (Å²) in [5.41, 5.74) is -0.712. The number of hydrogen-bond acceptors (Lipinski definition) is 1. The monoisotopic (exact) mass is 332 g/mol. The van der Waals surface area contributed by atoms with Crippen LogP contribution in [0.4, 0.5) is 13.2 Å². The van der Waals surface area contributed by atoms with Crippen molar-refractivity contribution < 1.29 is 23.1 Å². The molecular formula is C11H6Cl3F3O2. The first-order valence-electron chi connectivity index (χ1n) is 5.04. The Kier molecular flexibility index (Phi) is 3.44. The van der Waals surface area contributed by atoms with Crippen LogP contribution in [0.5, 0.6) is 0 Å². The predicted molar refractivity (Wildman–Crippen MR) is 64.8 cm³/mol. The molecule has 8 heteroatoms. The Morgan fingerprint density at radius 2 is 1.89 bits per heavy atom. The number of hydrogen-bond donors (Lipinski definition) is 1. The van der Waals surface area contributed by atoms with Gasteiger partial charge in [-0.05, 0) is 17.7 Å². The molecule has 1 saturated carbocycles. The average Bonchev–Trinajstić information content (AvgIpc) is 2.79. The molecule has 1 aromatic rings. The van der Waals surface area contributed by atoms with E-state index >= 15 is 0 Å². The lowest BCUT2D eigenvalue weighted by molar-refractivity contribution is -0.139. The van der Waals surface area contributed by atoms with Crippen molar-refractivity contribution in [2.24, 2.45) is 5.92 Å². The summed E-state index contributed by atoms with van der Waals surface area (Å²) in [6.07, 6.45) is -4.57. The maximum atomic E-state index is 12.5. The van der Waals surface area contributed by atoms with Crippen LogP contribution in [0.2, 0.25) is 5.02 Å². The molecule has 0 spiro atoms. The second-order valence-corrected chi connectivity index (χ2v) is 6.06. The Hall–Kier alpha value is -0.650. The van der Waals surface area contributed by atoms with E-state index in [2.05, 4.69) is 0 Å². The number of alkyl halides is 5. The lowest BCUT2D eigenvalue weighted by Gasteiger charge is -2.10. The van der Waals surface area contributed by atoms with E-state index in [0.29, 0.717) is 0 Å². The zero-order valence-electron chi connectivity index (χ0n) is 9.01. The SMILES string of the molecule is O=C(O)[C@H]1[C@H](c2ccc(C(F)(F)F)c(Cl)c2)C1(Cl)Cl. The minimum absolute atomic E-state index is 0.274. The van der Waals surface area contributed by atoms with E-state index in [1.54, 1.807) is 0 Å². The average molecular weight is 334 g/mol. The minimum Gasteiger partial charge on any atom is -0.481 e. The molecule has 1 aliphatic rings. The quantitative estimate of drug-likeness (QED) is 0.818. The van der Waals surface area contributed by atoms with Crippen LogP contribution >= 0.6 is 34.8 Å². The Labute approximate surface area is 121 Å². The number of rotatable bonds is 2. The van der Waals surface area contributed by atoms with Gasteiger partial charge in [-0.3, -0.25) is 4.79 Å². The van der Waals surface area contributed by atoms with Crippen LogP contribution in [0.25, 0.3) is 0 Å². The number of aliphatic carboxylic acids is 1. The van der Waals surface area contributed by atoms with Crippen LogP contribution in [0.15, 0.2) is 18.2 Å². The summed E-state index contributed by atoms with van der Waals surface area (Å²) in [4.78, 5) is 10.9. The van der Waals surface area contributed by atoms with E-state index in [0.717, 1.165) is 18.2 Å². The fraction of sp³-hybridized carbons (Fsp3) is 0.364. The van der Waals surface area contributed by atoms with Crippen molar-refractivity contribution >= 4 is 40.8 Å². The topological polar surface area (TPSA) is 37.3 Å². The maximum Gasteiger partial charge on any atom is 0.417 e. The van der Waals surface area contributed by atoms with E-state index in [-0.39, 0.29) is 5.56 Å². The van der Waals surface area contributed by atoms with Crippen molar-refractivity contribution in [3.63, 3.8) is 0 Å². The van der Waals surface area contributed by atoms with Gasteiger partial charge in [-0.15, -0.1) is 0 Å². The van der Waals surface area contributed by atoms with Crippen LogP contribution in [0.1, 0.15) is 17.0 Å². The second kappa shape index (κ2) is 4.43. The van der Waals surface area contributed by atoms with E-state index < -0.39 is 38.9 Å². The molecule has 0 aromatic heterocycles. The van der Waals surface area contributed by atoms with Gasteiger partial charge < -0.3 is 5.11 Å². The molecule has 1 aromatic carbocycles. The number of carboxylic acid groups (broad SMARTS) is 1. The summed E-state index contributed by atoms with van der Waals surface area (Å²) in [6, 6.07) is 2.98. The molecule has 104 valence electrons. The van der Waals surface area contributed by atoms with Gasteiger partial charge in [0.1, 0.15) is 4.33 Å². The minimum atomic E-state index is -4.57. The lowest BCUT2D eigenvalue weighted by Crippen LogP contribution is -2.06. The smallest absolute Gasteiger partial charge is 0.417 e. The van der Waals surface area contributed by atoms with Gasteiger partial charge >= 0.3 is 12.1 Å². The van der Waals surface area contributed by atoms with Gasteiger partial charge in [-0.2, -0.15) is 13.2 Å². The summed E-state index contributed by atoms with van der Waals surface area (Å²) in [6.45, 7) is 0. The third-order valence-electron chi connectivity index (χ3n) is 2.98. The molecule has 0 bridgehead atoms. The maximum absolute atomic E-state index is 12.5. The molecule has 19 heavy (non-hydrogen) atoms. The molecule has 0 heterocycles. The standard InChI is InChI=1S/C11H6Cl3F3O2/c12-6-3-4(1-2-5(6)11(15,16)17)7-8(9(18)19)10(7,13)14/h1-3,7-8H,(H,18,19)/t7-,8+/m0/s1. The van der Waals surface area contributed by atoms with E-state index in [1.807, 2.05) is 0 Å². The first-order chi connectivity index (χ1) is 8.56. The highest BCUT2D eigenvalue weighted by molar-refractivity contribution is 6.53. The molecule has 2 rings (SSSR count). The Morgan fingerprint density at radius 1 is 1.32 bits per heavy atom. The van der Waals surface area contributed by atoms with E-state index in [9.17, 15) is 18.0 Å². The largest absolute Gasteiger partial charge is 0.481 e. The lowest BCUT2D eigenvalue weighted by atomic mass is 10.1. The van der Waals surface area contributed by atoms with Crippen molar-refractivity contribution in [1.29, 1.82) is 0 Å². The molecule has 0 radical (unpaired) electrons. The number of carboxylic acids is 1. The van der Waals surface area contributed by atoms with Crippen molar-refractivity contribution in [1.82, 2.24) is 0 Å². The molecule has 1 fully saturated rings. The van der Waals surface area contributed by atoms with Crippen molar-refractivity contribution in [2.75, 3.05) is 0 Å². The zero-order chi connectivity index (χ0) is 14.6. The summed E-state index contributed by atoms with van der Waals surface area (Å²) in [5.74, 6) is -3.03. The highest BCUT2D eigenvalue weighted by Gasteiger charge is 2.68.